The first-order chi connectivity index (χ1) is 13.5. The molecule has 0 aliphatic carbocycles. The standard InChI is InChI=1S/C20H18F2N2O3S/c21-16-8-7-13(11-17(16)22)28-12-18(25)23-9-3-4-10-24-19(26)14-5-1-2-6-15(14)20(24)27/h1-2,5-8,11H,3-4,9-10,12H2,(H,23,25). The molecule has 0 fully saturated rings. The Hall–Kier alpha value is -2.74. The van der Waals surface area contributed by atoms with E-state index in [9.17, 15) is 23.2 Å². The molecule has 0 saturated heterocycles. The van der Waals surface area contributed by atoms with E-state index in [1.54, 1.807) is 24.3 Å². The average Bonchev–Trinajstić information content (AvgIpc) is 2.93. The van der Waals surface area contributed by atoms with Crippen LogP contribution in [0.2, 0.25) is 0 Å². The van der Waals surface area contributed by atoms with Gasteiger partial charge in [0.1, 0.15) is 0 Å². The van der Waals surface area contributed by atoms with E-state index in [4.69, 9.17) is 0 Å². The summed E-state index contributed by atoms with van der Waals surface area (Å²) in [5, 5.41) is 2.73. The predicted octanol–water partition coefficient (Wildman–Crippen LogP) is 3.25. The highest BCUT2D eigenvalue weighted by molar-refractivity contribution is 8.00. The van der Waals surface area contributed by atoms with E-state index in [0.717, 1.165) is 23.9 Å². The van der Waals surface area contributed by atoms with E-state index >= 15 is 0 Å². The van der Waals surface area contributed by atoms with Gasteiger partial charge in [0.05, 0.1) is 16.9 Å². The van der Waals surface area contributed by atoms with Crippen LogP contribution in [0.1, 0.15) is 33.6 Å². The molecule has 0 bridgehead atoms. The molecule has 5 nitrogen and oxygen atoms in total. The van der Waals surface area contributed by atoms with Crippen LogP contribution in [-0.4, -0.2) is 41.5 Å². The van der Waals surface area contributed by atoms with Gasteiger partial charge >= 0.3 is 0 Å². The van der Waals surface area contributed by atoms with Crippen molar-refractivity contribution in [1.29, 1.82) is 0 Å². The maximum absolute atomic E-state index is 13.1. The Morgan fingerprint density at radius 1 is 0.964 bits per heavy atom. The quantitative estimate of drug-likeness (QED) is 0.417. The van der Waals surface area contributed by atoms with E-state index in [1.807, 2.05) is 0 Å². The maximum Gasteiger partial charge on any atom is 0.261 e. The second-order valence-corrected chi connectivity index (χ2v) is 7.28. The Balaban J connectivity index is 1.35. The van der Waals surface area contributed by atoms with Gasteiger partial charge < -0.3 is 5.32 Å². The summed E-state index contributed by atoms with van der Waals surface area (Å²) in [6, 6.07) is 10.2. The molecule has 3 amide bonds. The van der Waals surface area contributed by atoms with Gasteiger partial charge in [-0.15, -0.1) is 11.8 Å². The van der Waals surface area contributed by atoms with Gasteiger partial charge in [0.25, 0.3) is 11.8 Å². The number of hydrogen-bond acceptors (Lipinski definition) is 4. The molecule has 1 N–H and O–H groups in total. The zero-order valence-electron chi connectivity index (χ0n) is 14.9. The van der Waals surface area contributed by atoms with Crippen LogP contribution in [0.4, 0.5) is 8.78 Å². The van der Waals surface area contributed by atoms with E-state index in [1.165, 1.54) is 11.0 Å². The molecular formula is C20H18F2N2O3S. The van der Waals surface area contributed by atoms with Gasteiger partial charge in [0.15, 0.2) is 11.6 Å². The van der Waals surface area contributed by atoms with Crippen molar-refractivity contribution in [3.05, 3.63) is 65.2 Å². The third kappa shape index (κ3) is 4.56. The number of amides is 3. The van der Waals surface area contributed by atoms with E-state index in [-0.39, 0.29) is 23.5 Å². The number of benzene rings is 2. The number of nitrogens with one attached hydrogen (secondary N) is 1. The fourth-order valence-electron chi connectivity index (χ4n) is 2.83. The Bertz CT molecular complexity index is 885. The molecule has 1 aliphatic heterocycles. The van der Waals surface area contributed by atoms with Crippen molar-refractivity contribution in [1.82, 2.24) is 10.2 Å². The zero-order chi connectivity index (χ0) is 20.1. The van der Waals surface area contributed by atoms with Crippen molar-refractivity contribution in [3.63, 3.8) is 0 Å². The smallest absolute Gasteiger partial charge is 0.261 e. The van der Waals surface area contributed by atoms with Crippen LogP contribution in [0.15, 0.2) is 47.4 Å². The number of thioether (sulfide) groups is 1. The number of halogens is 2. The Kier molecular flexibility index (Phi) is 6.41. The molecule has 28 heavy (non-hydrogen) atoms. The van der Waals surface area contributed by atoms with E-state index in [0.29, 0.717) is 42.0 Å². The lowest BCUT2D eigenvalue weighted by atomic mass is 10.1. The monoisotopic (exact) mass is 404 g/mol. The van der Waals surface area contributed by atoms with Crippen LogP contribution >= 0.6 is 11.8 Å². The van der Waals surface area contributed by atoms with Crippen molar-refractivity contribution in [2.75, 3.05) is 18.8 Å². The van der Waals surface area contributed by atoms with Gasteiger partial charge in [0, 0.05) is 18.0 Å². The normalized spacial score (nSPS) is 13.0. The number of hydrogen-bond donors (Lipinski definition) is 1. The van der Waals surface area contributed by atoms with Gasteiger partial charge in [-0.05, 0) is 43.2 Å². The number of imide groups is 1. The molecule has 0 aromatic heterocycles. The average molecular weight is 404 g/mol. The van der Waals surface area contributed by atoms with Crippen molar-refractivity contribution < 1.29 is 23.2 Å². The first kappa shape index (κ1) is 20.0. The number of rotatable bonds is 8. The molecule has 1 heterocycles. The highest BCUT2D eigenvalue weighted by Gasteiger charge is 2.34. The van der Waals surface area contributed by atoms with Gasteiger partial charge in [-0.3, -0.25) is 19.3 Å². The molecule has 0 spiro atoms. The summed E-state index contributed by atoms with van der Waals surface area (Å²) in [4.78, 5) is 38.0. The molecule has 1 aliphatic rings. The molecule has 2 aromatic rings. The van der Waals surface area contributed by atoms with Crippen LogP contribution < -0.4 is 5.32 Å². The van der Waals surface area contributed by atoms with E-state index < -0.39 is 11.6 Å². The first-order valence-corrected chi connectivity index (χ1v) is 9.75. The molecule has 146 valence electrons. The number of carbonyl (C=O) groups is 3. The summed E-state index contributed by atoms with van der Waals surface area (Å²) in [6.45, 7) is 0.701. The third-order valence-electron chi connectivity index (χ3n) is 4.27. The summed E-state index contributed by atoms with van der Waals surface area (Å²) in [5.41, 5.74) is 0.852. The van der Waals surface area contributed by atoms with Crippen LogP contribution in [-0.2, 0) is 4.79 Å². The topological polar surface area (TPSA) is 66.5 Å². The van der Waals surface area contributed by atoms with Crippen molar-refractivity contribution in [2.24, 2.45) is 0 Å². The number of nitrogens with zero attached hydrogens (tertiary/aromatic N) is 1. The van der Waals surface area contributed by atoms with Gasteiger partial charge in [0.2, 0.25) is 5.91 Å². The van der Waals surface area contributed by atoms with Crippen molar-refractivity contribution in [2.45, 2.75) is 17.7 Å². The zero-order valence-corrected chi connectivity index (χ0v) is 15.7. The number of unbranched alkanes of at least 4 members (excludes halogenated alkanes) is 1. The minimum absolute atomic E-state index is 0.0868. The van der Waals surface area contributed by atoms with Crippen LogP contribution in [0.5, 0.6) is 0 Å². The van der Waals surface area contributed by atoms with E-state index in [2.05, 4.69) is 5.32 Å². The molecule has 3 rings (SSSR count). The molecule has 0 radical (unpaired) electrons. The number of fused-ring (bicyclic) bond motifs is 1. The fraction of sp³-hybridized carbons (Fsp3) is 0.250. The van der Waals surface area contributed by atoms with Crippen molar-refractivity contribution in [3.8, 4) is 0 Å². The lowest BCUT2D eigenvalue weighted by Gasteiger charge is -2.13. The van der Waals surface area contributed by atoms with Crippen LogP contribution in [0.3, 0.4) is 0 Å². The SMILES string of the molecule is O=C(CSc1ccc(F)c(F)c1)NCCCCN1C(=O)c2ccccc2C1=O. The largest absolute Gasteiger partial charge is 0.355 e. The second kappa shape index (κ2) is 8.97. The minimum atomic E-state index is -0.946. The third-order valence-corrected chi connectivity index (χ3v) is 5.26. The first-order valence-electron chi connectivity index (χ1n) is 8.77. The van der Waals surface area contributed by atoms with Crippen LogP contribution in [0, 0.1) is 11.6 Å². The Morgan fingerprint density at radius 3 is 2.29 bits per heavy atom. The van der Waals surface area contributed by atoms with Gasteiger partial charge in [-0.2, -0.15) is 0 Å². The van der Waals surface area contributed by atoms with Gasteiger partial charge in [-0.25, -0.2) is 8.78 Å². The fourth-order valence-corrected chi connectivity index (χ4v) is 3.58. The summed E-state index contributed by atoms with van der Waals surface area (Å²) in [7, 11) is 0. The molecule has 0 atom stereocenters. The second-order valence-electron chi connectivity index (χ2n) is 6.23. The Morgan fingerprint density at radius 2 is 1.64 bits per heavy atom. The van der Waals surface area contributed by atoms with Crippen molar-refractivity contribution >= 4 is 29.5 Å². The maximum atomic E-state index is 13.1. The molecule has 8 heteroatoms. The highest BCUT2D eigenvalue weighted by atomic mass is 32.2. The highest BCUT2D eigenvalue weighted by Crippen LogP contribution is 2.22. The molecule has 0 saturated carbocycles. The molecular weight excluding hydrogens is 386 g/mol. The Labute approximate surface area is 165 Å². The number of carbonyl (C=O) groups excluding carboxylic acids is 3. The summed E-state index contributed by atoms with van der Waals surface area (Å²) in [5.74, 6) is -2.58. The lowest BCUT2D eigenvalue weighted by molar-refractivity contribution is -0.118. The molecule has 0 unspecified atom stereocenters. The lowest BCUT2D eigenvalue weighted by Crippen LogP contribution is -2.31. The summed E-state index contributed by atoms with van der Waals surface area (Å²) < 4.78 is 26.0. The van der Waals surface area contributed by atoms with Gasteiger partial charge in [-0.1, -0.05) is 12.1 Å². The summed E-state index contributed by atoms with van der Waals surface area (Å²) in [6.07, 6.45) is 1.18. The molecule has 2 aromatic carbocycles. The summed E-state index contributed by atoms with van der Waals surface area (Å²) >= 11 is 1.11. The predicted molar refractivity (Wildman–Crippen MR) is 101 cm³/mol. The van der Waals surface area contributed by atoms with Crippen LogP contribution in [0.25, 0.3) is 0 Å². The minimum Gasteiger partial charge on any atom is -0.355 e.